The average Bonchev–Trinajstić information content (AvgIpc) is 2.46. The lowest BCUT2D eigenvalue weighted by molar-refractivity contribution is -0.135. The highest BCUT2D eigenvalue weighted by Crippen LogP contribution is 2.03. The molecule has 98 valence electrons. The van der Waals surface area contributed by atoms with Crippen LogP contribution in [0.4, 0.5) is 0 Å². The Labute approximate surface area is 111 Å². The van der Waals surface area contributed by atoms with Crippen molar-refractivity contribution in [2.75, 3.05) is 19.6 Å². The molecule has 0 spiro atoms. The minimum atomic E-state index is -0.619. The van der Waals surface area contributed by atoms with Gasteiger partial charge in [-0.05, 0) is 12.1 Å². The lowest BCUT2D eigenvalue weighted by Crippen LogP contribution is -2.58. The summed E-state index contributed by atoms with van der Waals surface area (Å²) in [6, 6.07) is 8.61. The van der Waals surface area contributed by atoms with Crippen LogP contribution in [0, 0.1) is 11.8 Å². The molecule has 19 heavy (non-hydrogen) atoms. The van der Waals surface area contributed by atoms with E-state index >= 15 is 0 Å². The molecule has 0 bridgehead atoms. The summed E-state index contributed by atoms with van der Waals surface area (Å²) in [5.41, 5.74) is 6.05. The normalized spacial score (nSPS) is 18.3. The fourth-order valence-corrected chi connectivity index (χ4v) is 1.92. The number of benzene rings is 1. The second-order valence-electron chi connectivity index (χ2n) is 4.24. The van der Waals surface area contributed by atoms with Crippen LogP contribution in [0.2, 0.25) is 0 Å². The Balaban J connectivity index is 2.10. The molecule has 2 amide bonds. The zero-order valence-corrected chi connectivity index (χ0v) is 10.4. The van der Waals surface area contributed by atoms with E-state index in [4.69, 9.17) is 5.73 Å². The van der Waals surface area contributed by atoms with Gasteiger partial charge in [-0.2, -0.15) is 0 Å². The number of piperazine rings is 1. The highest BCUT2D eigenvalue weighted by molar-refractivity contribution is 5.97. The first kappa shape index (κ1) is 13.1. The van der Waals surface area contributed by atoms with E-state index in [-0.39, 0.29) is 5.91 Å². The van der Waals surface area contributed by atoms with Gasteiger partial charge in [0, 0.05) is 31.1 Å². The molecule has 5 nitrogen and oxygen atoms in total. The molecule has 1 unspecified atom stereocenters. The number of hydrogen-bond acceptors (Lipinski definition) is 3. The van der Waals surface area contributed by atoms with Crippen LogP contribution in [0.1, 0.15) is 5.56 Å². The molecule has 0 saturated carbocycles. The Hall–Kier alpha value is -2.32. The molecule has 2 rings (SSSR count). The van der Waals surface area contributed by atoms with E-state index in [1.165, 1.54) is 4.90 Å². The number of nitrogens with two attached hydrogens (primary N) is 1. The predicted molar refractivity (Wildman–Crippen MR) is 70.9 cm³/mol. The summed E-state index contributed by atoms with van der Waals surface area (Å²) in [7, 11) is 0. The fourth-order valence-electron chi connectivity index (χ4n) is 1.92. The van der Waals surface area contributed by atoms with Crippen molar-refractivity contribution in [1.29, 1.82) is 0 Å². The molecule has 0 radical (unpaired) electrons. The van der Waals surface area contributed by atoms with Gasteiger partial charge in [0.25, 0.3) is 5.91 Å². The largest absolute Gasteiger partial charge is 0.368 e. The van der Waals surface area contributed by atoms with E-state index < -0.39 is 11.9 Å². The van der Waals surface area contributed by atoms with Gasteiger partial charge in [-0.3, -0.25) is 9.59 Å². The van der Waals surface area contributed by atoms with Crippen LogP contribution >= 0.6 is 0 Å². The van der Waals surface area contributed by atoms with E-state index in [9.17, 15) is 9.59 Å². The first-order valence-corrected chi connectivity index (χ1v) is 6.06. The number of amides is 2. The first-order valence-electron chi connectivity index (χ1n) is 6.06. The third-order valence-electron chi connectivity index (χ3n) is 2.92. The topological polar surface area (TPSA) is 75.4 Å². The Morgan fingerprint density at radius 3 is 2.74 bits per heavy atom. The van der Waals surface area contributed by atoms with Crippen LogP contribution in [0.5, 0.6) is 0 Å². The highest BCUT2D eigenvalue weighted by atomic mass is 16.2. The Bertz CT molecular complexity index is 531. The van der Waals surface area contributed by atoms with Crippen molar-refractivity contribution in [1.82, 2.24) is 10.2 Å². The lowest BCUT2D eigenvalue weighted by atomic mass is 10.1. The Morgan fingerprint density at radius 2 is 2.05 bits per heavy atom. The number of carbonyl (C=O) groups excluding carboxylic acids is 2. The third-order valence-corrected chi connectivity index (χ3v) is 2.92. The maximum atomic E-state index is 12.0. The summed E-state index contributed by atoms with van der Waals surface area (Å²) in [5, 5.41) is 3.03. The van der Waals surface area contributed by atoms with Crippen LogP contribution in [0.15, 0.2) is 30.3 Å². The van der Waals surface area contributed by atoms with Gasteiger partial charge in [0.05, 0.1) is 0 Å². The molecule has 5 heteroatoms. The monoisotopic (exact) mass is 257 g/mol. The van der Waals surface area contributed by atoms with Crippen LogP contribution < -0.4 is 11.1 Å². The quantitative estimate of drug-likeness (QED) is 0.655. The number of rotatable bonds is 1. The predicted octanol–water partition coefficient (Wildman–Crippen LogP) is -0.676. The van der Waals surface area contributed by atoms with Gasteiger partial charge in [0.1, 0.15) is 6.04 Å². The van der Waals surface area contributed by atoms with Crippen molar-refractivity contribution in [2.45, 2.75) is 6.04 Å². The minimum absolute atomic E-state index is 0.367. The highest BCUT2D eigenvalue weighted by Gasteiger charge is 2.29. The molecule has 1 aromatic carbocycles. The molecule has 1 fully saturated rings. The molecule has 1 atom stereocenters. The molecule has 3 N–H and O–H groups in total. The lowest BCUT2D eigenvalue weighted by Gasteiger charge is -2.32. The van der Waals surface area contributed by atoms with Crippen LogP contribution in [-0.4, -0.2) is 42.4 Å². The third kappa shape index (κ3) is 3.33. The van der Waals surface area contributed by atoms with Gasteiger partial charge in [0.2, 0.25) is 5.91 Å². The summed E-state index contributed by atoms with van der Waals surface area (Å²) < 4.78 is 0. The molecule has 1 aliphatic heterocycles. The van der Waals surface area contributed by atoms with Crippen LogP contribution in [0.3, 0.4) is 0 Å². The molecule has 0 aliphatic carbocycles. The van der Waals surface area contributed by atoms with E-state index in [2.05, 4.69) is 17.2 Å². The molecular weight excluding hydrogens is 242 g/mol. The Morgan fingerprint density at radius 1 is 1.32 bits per heavy atom. The zero-order chi connectivity index (χ0) is 13.7. The molecule has 1 aliphatic rings. The molecule has 1 aromatic rings. The number of carbonyl (C=O) groups is 2. The standard InChI is InChI=1S/C14H15N3O2/c15-14(19)12-10-16-8-9-17(12)13(18)7-6-11-4-2-1-3-5-11/h1-5,12,16H,8-10H2,(H2,15,19). The summed E-state index contributed by atoms with van der Waals surface area (Å²) >= 11 is 0. The van der Waals surface area contributed by atoms with Crippen molar-refractivity contribution < 1.29 is 9.59 Å². The number of hydrogen-bond donors (Lipinski definition) is 2. The molecular formula is C14H15N3O2. The van der Waals surface area contributed by atoms with Gasteiger partial charge in [0.15, 0.2) is 0 Å². The van der Waals surface area contributed by atoms with Crippen molar-refractivity contribution in [3.63, 3.8) is 0 Å². The second kappa shape index (κ2) is 6.03. The summed E-state index contributed by atoms with van der Waals surface area (Å²) in [6.07, 6.45) is 0. The van der Waals surface area contributed by atoms with E-state index in [1.807, 2.05) is 30.3 Å². The molecule has 1 heterocycles. The van der Waals surface area contributed by atoms with Gasteiger partial charge in [-0.15, -0.1) is 0 Å². The smallest absolute Gasteiger partial charge is 0.299 e. The van der Waals surface area contributed by atoms with E-state index in [1.54, 1.807) is 0 Å². The second-order valence-corrected chi connectivity index (χ2v) is 4.24. The number of primary amides is 1. The van der Waals surface area contributed by atoms with E-state index in [0.29, 0.717) is 19.6 Å². The van der Waals surface area contributed by atoms with Gasteiger partial charge in [-0.1, -0.05) is 24.1 Å². The van der Waals surface area contributed by atoms with Crippen molar-refractivity contribution in [2.24, 2.45) is 5.73 Å². The number of nitrogens with one attached hydrogen (secondary N) is 1. The zero-order valence-electron chi connectivity index (χ0n) is 10.4. The van der Waals surface area contributed by atoms with E-state index in [0.717, 1.165) is 5.56 Å². The van der Waals surface area contributed by atoms with Gasteiger partial charge < -0.3 is 16.0 Å². The fraction of sp³-hybridized carbons (Fsp3) is 0.286. The summed E-state index contributed by atoms with van der Waals surface area (Å²) in [5.74, 6) is 4.46. The maximum Gasteiger partial charge on any atom is 0.299 e. The SMILES string of the molecule is NC(=O)C1CNCCN1C(=O)C#Cc1ccccc1. The average molecular weight is 257 g/mol. The van der Waals surface area contributed by atoms with Crippen LogP contribution in [0.25, 0.3) is 0 Å². The number of nitrogens with zero attached hydrogens (tertiary/aromatic N) is 1. The molecule has 0 aromatic heterocycles. The minimum Gasteiger partial charge on any atom is -0.368 e. The summed E-state index contributed by atoms with van der Waals surface area (Å²) in [6.45, 7) is 1.46. The van der Waals surface area contributed by atoms with Crippen LogP contribution in [-0.2, 0) is 9.59 Å². The van der Waals surface area contributed by atoms with Crippen molar-refractivity contribution >= 4 is 11.8 Å². The summed E-state index contributed by atoms with van der Waals surface area (Å²) in [4.78, 5) is 24.7. The molecule has 1 saturated heterocycles. The van der Waals surface area contributed by atoms with Crippen molar-refractivity contribution in [3.05, 3.63) is 35.9 Å². The van der Waals surface area contributed by atoms with Gasteiger partial charge in [-0.25, -0.2) is 0 Å². The first-order chi connectivity index (χ1) is 9.18. The van der Waals surface area contributed by atoms with Crippen molar-refractivity contribution in [3.8, 4) is 11.8 Å². The maximum absolute atomic E-state index is 12.0. The van der Waals surface area contributed by atoms with Gasteiger partial charge >= 0.3 is 0 Å². The Kier molecular flexibility index (Phi) is 4.16.